The molecule has 3 rings (SSSR count). The monoisotopic (exact) mass is 420 g/mol. The van der Waals surface area contributed by atoms with E-state index in [4.69, 9.17) is 0 Å². The van der Waals surface area contributed by atoms with Crippen molar-refractivity contribution < 1.29 is 0 Å². The van der Waals surface area contributed by atoms with Crippen LogP contribution in [-0.2, 0) is 0 Å². The molecule has 3 aliphatic rings. The predicted octanol–water partition coefficient (Wildman–Crippen LogP) is 5.93. The maximum atomic E-state index is 2.84. The van der Waals surface area contributed by atoms with Gasteiger partial charge in [-0.3, -0.25) is 0 Å². The average Bonchev–Trinajstić information content (AvgIpc) is 3.08. The number of rotatable bonds is 5. The summed E-state index contributed by atoms with van der Waals surface area (Å²) in [7, 11) is 0. The zero-order valence-corrected chi connectivity index (χ0v) is 17.0. The van der Waals surface area contributed by atoms with Crippen molar-refractivity contribution in [3.8, 4) is 0 Å². The Balaban J connectivity index is 1.57. The normalized spacial score (nSPS) is 27.3. The predicted molar refractivity (Wildman–Crippen MR) is 95.2 cm³/mol. The van der Waals surface area contributed by atoms with Crippen LogP contribution in [0.5, 0.6) is 0 Å². The molecular weight excluding hydrogens is 386 g/mol. The molecule has 3 saturated carbocycles. The van der Waals surface area contributed by atoms with E-state index in [2.05, 4.69) is 4.97 Å². The van der Waals surface area contributed by atoms with Crippen molar-refractivity contribution in [1.29, 1.82) is 0 Å². The Morgan fingerprint density at radius 3 is 1.76 bits per heavy atom. The van der Waals surface area contributed by atoms with Crippen molar-refractivity contribution in [3.63, 3.8) is 0 Å². The fraction of sp³-hybridized carbons (Fsp3) is 0.895. The molecule has 0 saturated heterocycles. The molecule has 120 valence electrons. The van der Waals surface area contributed by atoms with Crippen LogP contribution < -0.4 is 0 Å². The molecule has 0 amide bonds. The van der Waals surface area contributed by atoms with Gasteiger partial charge in [-0.25, -0.2) is 0 Å². The van der Waals surface area contributed by atoms with Crippen molar-refractivity contribution in [2.45, 2.75) is 99.5 Å². The van der Waals surface area contributed by atoms with Crippen LogP contribution in [0.2, 0.25) is 9.63 Å². The summed E-state index contributed by atoms with van der Waals surface area (Å²) in [6.45, 7) is 0. The van der Waals surface area contributed by atoms with Crippen molar-refractivity contribution in [2.75, 3.05) is 0 Å². The molecule has 21 heavy (non-hydrogen) atoms. The molecule has 0 radical (unpaired) electrons. The molecule has 0 bridgehead atoms. The standard InChI is InChI=1S/C19H32Se2/c1-3-11-17(12-4-1)20-15-19(16-9-7-8-10-16)21-18-13-5-2-6-14-18/h15-18H,1-14H2/b19-15-. The zero-order chi connectivity index (χ0) is 14.3. The van der Waals surface area contributed by atoms with Gasteiger partial charge in [0, 0.05) is 0 Å². The maximum absolute atomic E-state index is 2.84. The second-order valence-corrected chi connectivity index (χ2v) is 12.6. The molecule has 0 N–H and O–H groups in total. The Hall–Kier alpha value is 0.779. The summed E-state index contributed by atoms with van der Waals surface area (Å²) >= 11 is 1.68. The van der Waals surface area contributed by atoms with Gasteiger partial charge in [0.15, 0.2) is 0 Å². The molecule has 0 aliphatic heterocycles. The third kappa shape index (κ3) is 5.42. The molecule has 0 spiro atoms. The fourth-order valence-electron chi connectivity index (χ4n) is 4.17. The first-order chi connectivity index (χ1) is 10.4. The van der Waals surface area contributed by atoms with Gasteiger partial charge in [-0.1, -0.05) is 0 Å². The summed E-state index contributed by atoms with van der Waals surface area (Å²) in [4.78, 5) is 5.05. The Morgan fingerprint density at radius 1 is 0.619 bits per heavy atom. The van der Waals surface area contributed by atoms with Gasteiger partial charge in [-0.15, -0.1) is 0 Å². The Morgan fingerprint density at radius 2 is 1.14 bits per heavy atom. The Kier molecular flexibility index (Phi) is 7.26. The van der Waals surface area contributed by atoms with Crippen LogP contribution in [0.15, 0.2) is 9.45 Å². The van der Waals surface area contributed by atoms with Crippen LogP contribution in [0.4, 0.5) is 0 Å². The summed E-state index contributed by atoms with van der Waals surface area (Å²) in [5.41, 5.74) is 0. The molecule has 0 aromatic rings. The second kappa shape index (κ2) is 9.17. The summed E-state index contributed by atoms with van der Waals surface area (Å²) in [5.74, 6) is 1.03. The van der Waals surface area contributed by atoms with Crippen LogP contribution in [0, 0.1) is 5.92 Å². The third-order valence-electron chi connectivity index (χ3n) is 5.54. The number of hydrogen-bond donors (Lipinski definition) is 0. The van der Waals surface area contributed by atoms with Gasteiger partial charge in [-0.2, -0.15) is 0 Å². The molecule has 3 fully saturated rings. The third-order valence-corrected chi connectivity index (χ3v) is 12.1. The van der Waals surface area contributed by atoms with Crippen molar-refractivity contribution >= 4 is 29.9 Å². The summed E-state index contributed by atoms with van der Waals surface area (Å²) < 4.78 is 2.00. The Bertz CT molecular complexity index is 318. The minimum absolute atomic E-state index is 0.828. The second-order valence-electron chi connectivity index (χ2n) is 7.28. The zero-order valence-electron chi connectivity index (χ0n) is 13.5. The topological polar surface area (TPSA) is 0 Å². The first-order valence-electron chi connectivity index (χ1n) is 9.44. The molecule has 0 unspecified atom stereocenters. The van der Waals surface area contributed by atoms with E-state index >= 15 is 0 Å². The van der Waals surface area contributed by atoms with Gasteiger partial charge in [0.2, 0.25) is 0 Å². The van der Waals surface area contributed by atoms with E-state index in [1.807, 2.05) is 4.47 Å². The van der Waals surface area contributed by atoms with E-state index < -0.39 is 0 Å². The molecule has 3 aliphatic carbocycles. The molecule has 0 atom stereocenters. The van der Waals surface area contributed by atoms with Crippen LogP contribution in [0.25, 0.3) is 0 Å². The van der Waals surface area contributed by atoms with Gasteiger partial charge in [-0.05, 0) is 0 Å². The van der Waals surface area contributed by atoms with Gasteiger partial charge in [0.25, 0.3) is 0 Å². The first-order valence-corrected chi connectivity index (χ1v) is 13.3. The molecule has 0 aromatic heterocycles. The van der Waals surface area contributed by atoms with Gasteiger partial charge in [0.05, 0.1) is 0 Å². The van der Waals surface area contributed by atoms with Gasteiger partial charge in [0.1, 0.15) is 0 Å². The van der Waals surface area contributed by atoms with Gasteiger partial charge < -0.3 is 0 Å². The number of allylic oxidation sites excluding steroid dienone is 1. The molecule has 0 heterocycles. The summed E-state index contributed by atoms with van der Waals surface area (Å²) in [6.07, 6.45) is 21.4. The number of hydrogen-bond acceptors (Lipinski definition) is 0. The van der Waals surface area contributed by atoms with Crippen molar-refractivity contribution in [1.82, 2.24) is 0 Å². The van der Waals surface area contributed by atoms with E-state index in [1.165, 1.54) is 64.2 Å². The molecule has 2 heteroatoms. The van der Waals surface area contributed by atoms with E-state index in [9.17, 15) is 0 Å². The van der Waals surface area contributed by atoms with Crippen LogP contribution >= 0.6 is 0 Å². The van der Waals surface area contributed by atoms with Gasteiger partial charge >= 0.3 is 145 Å². The quantitative estimate of drug-likeness (QED) is 0.486. The Labute approximate surface area is 144 Å². The molecule has 0 nitrogen and oxygen atoms in total. The van der Waals surface area contributed by atoms with Crippen molar-refractivity contribution in [2.24, 2.45) is 5.92 Å². The van der Waals surface area contributed by atoms with Crippen molar-refractivity contribution in [3.05, 3.63) is 9.45 Å². The van der Waals surface area contributed by atoms with E-state index in [0.29, 0.717) is 0 Å². The summed E-state index contributed by atoms with van der Waals surface area (Å²) in [6, 6.07) is 0. The summed E-state index contributed by atoms with van der Waals surface area (Å²) in [5, 5.41) is 0. The van der Waals surface area contributed by atoms with Crippen LogP contribution in [0.3, 0.4) is 0 Å². The van der Waals surface area contributed by atoms with Crippen LogP contribution in [0.1, 0.15) is 89.9 Å². The van der Waals surface area contributed by atoms with Crippen LogP contribution in [-0.4, -0.2) is 29.9 Å². The van der Waals surface area contributed by atoms with E-state index in [-0.39, 0.29) is 0 Å². The SMILES string of the molecule is C(/[Se]C1CCCCC1)=C(/[Se]C1CCCCC1)C1CCCC1. The molecule has 0 aromatic carbocycles. The van der Waals surface area contributed by atoms with E-state index in [1.54, 1.807) is 25.7 Å². The fourth-order valence-corrected chi connectivity index (χ4v) is 10.8. The molecular formula is C19H32Se2. The average molecular weight is 418 g/mol. The first kappa shape index (κ1) is 16.6. The minimum atomic E-state index is 0.828. The van der Waals surface area contributed by atoms with E-state index in [0.717, 1.165) is 45.5 Å².